The number of ether oxygens (including phenoxy) is 2. The Morgan fingerprint density at radius 2 is 2.31 bits per heavy atom. The van der Waals surface area contributed by atoms with Crippen molar-refractivity contribution in [1.29, 1.82) is 0 Å². The van der Waals surface area contributed by atoms with E-state index in [1.807, 2.05) is 0 Å². The van der Waals surface area contributed by atoms with Gasteiger partial charge in [0, 0.05) is 6.07 Å². The smallest absolute Gasteiger partial charge is 0.256 e. The Morgan fingerprint density at radius 1 is 1.54 bits per heavy atom. The van der Waals surface area contributed by atoms with Gasteiger partial charge in [-0.2, -0.15) is 0 Å². The van der Waals surface area contributed by atoms with Crippen molar-refractivity contribution in [1.82, 2.24) is 4.98 Å². The Balaban J connectivity index is 2.22. The number of nitrogen functional groups attached to an aromatic ring is 1. The molecule has 1 heterocycles. The third kappa shape index (κ3) is 1.83. The predicted molar refractivity (Wildman–Crippen MR) is 48.9 cm³/mol. The van der Waals surface area contributed by atoms with Gasteiger partial charge in [-0.15, -0.1) is 0 Å². The minimum atomic E-state index is 0.331. The molecule has 13 heavy (non-hydrogen) atoms. The topological polar surface area (TPSA) is 57.4 Å². The van der Waals surface area contributed by atoms with Crippen LogP contribution in [-0.4, -0.2) is 18.2 Å². The van der Waals surface area contributed by atoms with Gasteiger partial charge < -0.3 is 15.2 Å². The molecule has 70 valence electrons. The lowest BCUT2D eigenvalue weighted by Crippen LogP contribution is -2.01. The largest absolute Gasteiger partial charge is 0.485 e. The van der Waals surface area contributed by atoms with Gasteiger partial charge in [0.05, 0.1) is 25.1 Å². The molecule has 1 fully saturated rings. The molecular formula is C9H12N2O2. The molecule has 1 aliphatic carbocycles. The highest BCUT2D eigenvalue weighted by atomic mass is 16.5. The van der Waals surface area contributed by atoms with Crippen LogP contribution in [0.4, 0.5) is 5.69 Å². The summed E-state index contributed by atoms with van der Waals surface area (Å²) < 4.78 is 10.6. The van der Waals surface area contributed by atoms with E-state index in [-0.39, 0.29) is 0 Å². The van der Waals surface area contributed by atoms with Crippen molar-refractivity contribution < 1.29 is 9.47 Å². The van der Waals surface area contributed by atoms with Crippen molar-refractivity contribution in [3.8, 4) is 11.6 Å². The number of anilines is 1. The van der Waals surface area contributed by atoms with E-state index in [9.17, 15) is 0 Å². The highest BCUT2D eigenvalue weighted by molar-refractivity contribution is 5.46. The molecule has 0 radical (unpaired) electrons. The Labute approximate surface area is 76.7 Å². The van der Waals surface area contributed by atoms with Crippen LogP contribution in [0.3, 0.4) is 0 Å². The summed E-state index contributed by atoms with van der Waals surface area (Å²) in [6.45, 7) is 0. The molecule has 4 nitrogen and oxygen atoms in total. The SMILES string of the molecule is COc1ncc(N)cc1OC1CC1. The van der Waals surface area contributed by atoms with E-state index in [1.54, 1.807) is 19.4 Å². The first-order valence-corrected chi connectivity index (χ1v) is 4.26. The zero-order chi connectivity index (χ0) is 9.26. The van der Waals surface area contributed by atoms with Crippen LogP contribution < -0.4 is 15.2 Å². The van der Waals surface area contributed by atoms with Crippen molar-refractivity contribution in [2.45, 2.75) is 18.9 Å². The molecule has 1 saturated carbocycles. The van der Waals surface area contributed by atoms with Crippen molar-refractivity contribution in [3.63, 3.8) is 0 Å². The summed E-state index contributed by atoms with van der Waals surface area (Å²) in [4.78, 5) is 4.01. The molecule has 0 aliphatic heterocycles. The number of pyridine rings is 1. The zero-order valence-corrected chi connectivity index (χ0v) is 7.49. The van der Waals surface area contributed by atoms with Crippen LogP contribution in [0.5, 0.6) is 11.6 Å². The number of nitrogens with zero attached hydrogens (tertiary/aromatic N) is 1. The second kappa shape index (κ2) is 3.12. The summed E-state index contributed by atoms with van der Waals surface area (Å²) in [5.74, 6) is 1.14. The predicted octanol–water partition coefficient (Wildman–Crippen LogP) is 1.21. The Bertz CT molecular complexity index is 310. The number of rotatable bonds is 3. The minimum Gasteiger partial charge on any atom is -0.485 e. The molecule has 0 amide bonds. The molecule has 0 unspecified atom stereocenters. The van der Waals surface area contributed by atoms with Gasteiger partial charge in [-0.05, 0) is 12.8 Å². The van der Waals surface area contributed by atoms with Gasteiger partial charge >= 0.3 is 0 Å². The Morgan fingerprint density at radius 3 is 2.92 bits per heavy atom. The van der Waals surface area contributed by atoms with Crippen LogP contribution >= 0.6 is 0 Å². The van der Waals surface area contributed by atoms with Gasteiger partial charge in [0.15, 0.2) is 5.75 Å². The number of hydrogen-bond acceptors (Lipinski definition) is 4. The van der Waals surface area contributed by atoms with Gasteiger partial charge in [-0.3, -0.25) is 0 Å². The van der Waals surface area contributed by atoms with E-state index in [1.165, 1.54) is 0 Å². The van der Waals surface area contributed by atoms with Crippen molar-refractivity contribution in [3.05, 3.63) is 12.3 Å². The third-order valence-electron chi connectivity index (χ3n) is 1.85. The number of methoxy groups -OCH3 is 1. The van der Waals surface area contributed by atoms with Crippen LogP contribution in [0.2, 0.25) is 0 Å². The van der Waals surface area contributed by atoms with E-state index in [4.69, 9.17) is 15.2 Å². The first-order chi connectivity index (χ1) is 6.29. The molecule has 0 spiro atoms. The molecule has 2 rings (SSSR count). The fourth-order valence-corrected chi connectivity index (χ4v) is 1.05. The normalized spacial score (nSPS) is 15.5. The molecule has 0 atom stereocenters. The maximum absolute atomic E-state index is 5.58. The maximum Gasteiger partial charge on any atom is 0.256 e. The average molecular weight is 180 g/mol. The standard InChI is InChI=1S/C9H12N2O2/c1-12-9-8(13-7-2-3-7)4-6(10)5-11-9/h4-5,7H,2-3,10H2,1H3. The molecule has 1 aromatic heterocycles. The lowest BCUT2D eigenvalue weighted by molar-refractivity contribution is 0.277. The quantitative estimate of drug-likeness (QED) is 0.759. The van der Waals surface area contributed by atoms with Crippen LogP contribution in [-0.2, 0) is 0 Å². The summed E-state index contributed by atoms with van der Waals surface area (Å²) >= 11 is 0. The van der Waals surface area contributed by atoms with Crippen molar-refractivity contribution in [2.24, 2.45) is 0 Å². The van der Waals surface area contributed by atoms with E-state index in [2.05, 4.69) is 4.98 Å². The molecular weight excluding hydrogens is 168 g/mol. The van der Waals surface area contributed by atoms with Gasteiger partial charge in [-0.1, -0.05) is 0 Å². The van der Waals surface area contributed by atoms with Gasteiger partial charge in [0.25, 0.3) is 5.88 Å². The molecule has 4 heteroatoms. The Kier molecular flexibility index (Phi) is 1.96. The van der Waals surface area contributed by atoms with Crippen LogP contribution in [0.1, 0.15) is 12.8 Å². The second-order valence-corrected chi connectivity index (χ2v) is 3.09. The fraction of sp³-hybridized carbons (Fsp3) is 0.444. The molecule has 0 saturated heterocycles. The van der Waals surface area contributed by atoms with Crippen LogP contribution in [0.25, 0.3) is 0 Å². The van der Waals surface area contributed by atoms with Crippen LogP contribution in [0, 0.1) is 0 Å². The maximum atomic E-state index is 5.58. The van der Waals surface area contributed by atoms with E-state index < -0.39 is 0 Å². The first kappa shape index (κ1) is 8.16. The number of nitrogens with two attached hydrogens (primary N) is 1. The minimum absolute atomic E-state index is 0.331. The van der Waals surface area contributed by atoms with Gasteiger partial charge in [0.1, 0.15) is 0 Å². The third-order valence-corrected chi connectivity index (χ3v) is 1.85. The zero-order valence-electron chi connectivity index (χ0n) is 7.49. The van der Waals surface area contributed by atoms with Gasteiger partial charge in [0.2, 0.25) is 0 Å². The number of aromatic nitrogens is 1. The molecule has 0 aromatic carbocycles. The second-order valence-electron chi connectivity index (χ2n) is 3.09. The summed E-state index contributed by atoms with van der Waals surface area (Å²) in [6, 6.07) is 1.74. The highest BCUT2D eigenvalue weighted by Gasteiger charge is 2.25. The lowest BCUT2D eigenvalue weighted by atomic mass is 10.4. The van der Waals surface area contributed by atoms with Crippen molar-refractivity contribution in [2.75, 3.05) is 12.8 Å². The Hall–Kier alpha value is -1.45. The number of hydrogen-bond donors (Lipinski definition) is 1. The van der Waals surface area contributed by atoms with E-state index >= 15 is 0 Å². The summed E-state index contributed by atoms with van der Waals surface area (Å²) in [5.41, 5.74) is 6.17. The van der Waals surface area contributed by atoms with Crippen molar-refractivity contribution >= 4 is 5.69 Å². The average Bonchev–Trinajstić information content (AvgIpc) is 2.89. The molecule has 1 aliphatic rings. The highest BCUT2D eigenvalue weighted by Crippen LogP contribution is 2.32. The monoisotopic (exact) mass is 180 g/mol. The lowest BCUT2D eigenvalue weighted by Gasteiger charge is -2.08. The van der Waals surface area contributed by atoms with E-state index in [0.717, 1.165) is 12.8 Å². The summed E-state index contributed by atoms with van der Waals surface area (Å²) in [5, 5.41) is 0. The fourth-order valence-electron chi connectivity index (χ4n) is 1.05. The molecule has 0 bridgehead atoms. The molecule has 1 aromatic rings. The van der Waals surface area contributed by atoms with Gasteiger partial charge in [-0.25, -0.2) is 4.98 Å². The summed E-state index contributed by atoms with van der Waals surface area (Å²) in [6.07, 6.45) is 4.10. The summed E-state index contributed by atoms with van der Waals surface area (Å²) in [7, 11) is 1.57. The molecule has 2 N–H and O–H groups in total. The van der Waals surface area contributed by atoms with E-state index in [0.29, 0.717) is 23.4 Å². The van der Waals surface area contributed by atoms with Crippen LogP contribution in [0.15, 0.2) is 12.3 Å². The first-order valence-electron chi connectivity index (χ1n) is 4.26.